The van der Waals surface area contributed by atoms with Gasteiger partial charge in [0, 0.05) is 7.11 Å². The van der Waals surface area contributed by atoms with Gasteiger partial charge in [-0.1, -0.05) is 0 Å². The van der Waals surface area contributed by atoms with Crippen LogP contribution in [0.1, 0.15) is 13.8 Å². The van der Waals surface area contributed by atoms with Gasteiger partial charge in [-0.3, -0.25) is 0 Å². The summed E-state index contributed by atoms with van der Waals surface area (Å²) in [5.74, 6) is 0. The summed E-state index contributed by atoms with van der Waals surface area (Å²) in [7, 11) is 1.51. The summed E-state index contributed by atoms with van der Waals surface area (Å²) in [6.07, 6.45) is -0.317. The van der Waals surface area contributed by atoms with Crippen LogP contribution in [0.15, 0.2) is 0 Å². The monoisotopic (exact) mass is 119 g/mol. The van der Waals surface area contributed by atoms with Gasteiger partial charge in [-0.2, -0.15) is 0 Å². The number of hydrogen-bond donors (Lipinski definition) is 2. The van der Waals surface area contributed by atoms with Gasteiger partial charge < -0.3 is 15.6 Å². The molecule has 3 nitrogen and oxygen atoms in total. The summed E-state index contributed by atoms with van der Waals surface area (Å²) in [5.41, 5.74) is 4.01. The maximum absolute atomic E-state index is 8.94. The molecule has 3 heteroatoms. The number of nitrogens with two attached hydrogens (primary N) is 1. The van der Waals surface area contributed by atoms with E-state index >= 15 is 0 Å². The summed E-state index contributed by atoms with van der Waals surface area (Å²) in [6.45, 7) is 3.21. The highest BCUT2D eigenvalue weighted by molar-refractivity contribution is 4.70. The molecule has 0 rings (SSSR count). The number of hydrogen-bond acceptors (Lipinski definition) is 3. The molecule has 0 aliphatic rings. The van der Waals surface area contributed by atoms with Crippen LogP contribution < -0.4 is 5.73 Å². The van der Waals surface area contributed by atoms with Gasteiger partial charge in [0.2, 0.25) is 0 Å². The summed E-state index contributed by atoms with van der Waals surface area (Å²) in [4.78, 5) is 0. The first-order valence-corrected chi connectivity index (χ1v) is 2.52. The van der Waals surface area contributed by atoms with Crippen molar-refractivity contribution in [3.63, 3.8) is 0 Å². The van der Waals surface area contributed by atoms with Crippen molar-refractivity contribution in [2.24, 2.45) is 5.73 Å². The lowest BCUT2D eigenvalue weighted by Gasteiger charge is -2.23. The SMILES string of the molecule is COC(C)C(C)(N)O. The third-order valence-electron chi connectivity index (χ3n) is 1.18. The quantitative estimate of drug-likeness (QED) is 0.490. The zero-order valence-electron chi connectivity index (χ0n) is 5.51. The Morgan fingerprint density at radius 2 is 2.12 bits per heavy atom. The Kier molecular flexibility index (Phi) is 2.40. The number of ether oxygens (including phenoxy) is 1. The molecule has 0 radical (unpaired) electrons. The molecule has 0 aromatic rings. The standard InChI is InChI=1S/C5H13NO2/c1-4(8-3)5(2,6)7/h4,7H,6H2,1-3H3. The molecule has 2 atom stereocenters. The van der Waals surface area contributed by atoms with Gasteiger partial charge in [0.15, 0.2) is 0 Å². The van der Waals surface area contributed by atoms with E-state index in [1.165, 1.54) is 14.0 Å². The van der Waals surface area contributed by atoms with Crippen LogP contribution in [0.2, 0.25) is 0 Å². The van der Waals surface area contributed by atoms with E-state index in [1.807, 2.05) is 0 Å². The normalized spacial score (nSPS) is 22.1. The van der Waals surface area contributed by atoms with Crippen LogP contribution >= 0.6 is 0 Å². The van der Waals surface area contributed by atoms with E-state index in [1.54, 1.807) is 6.92 Å². The van der Waals surface area contributed by atoms with Crippen LogP contribution in [-0.4, -0.2) is 24.0 Å². The molecule has 0 aliphatic heterocycles. The van der Waals surface area contributed by atoms with E-state index < -0.39 is 5.72 Å². The first-order valence-electron chi connectivity index (χ1n) is 2.52. The minimum Gasteiger partial charge on any atom is -0.377 e. The molecule has 3 N–H and O–H groups in total. The molecular weight excluding hydrogens is 106 g/mol. The van der Waals surface area contributed by atoms with Crippen molar-refractivity contribution in [1.82, 2.24) is 0 Å². The fourth-order valence-corrected chi connectivity index (χ4v) is 0.239. The van der Waals surface area contributed by atoms with Crippen molar-refractivity contribution >= 4 is 0 Å². The lowest BCUT2D eigenvalue weighted by atomic mass is 10.2. The fourth-order valence-electron chi connectivity index (χ4n) is 0.239. The fraction of sp³-hybridized carbons (Fsp3) is 1.00. The average Bonchev–Trinajstić information content (AvgIpc) is 1.62. The summed E-state index contributed by atoms with van der Waals surface area (Å²) >= 11 is 0. The van der Waals surface area contributed by atoms with Crippen LogP contribution in [0.25, 0.3) is 0 Å². The van der Waals surface area contributed by atoms with Crippen LogP contribution in [0, 0.1) is 0 Å². The molecule has 2 unspecified atom stereocenters. The van der Waals surface area contributed by atoms with Crippen molar-refractivity contribution in [3.8, 4) is 0 Å². The van der Waals surface area contributed by atoms with Crippen molar-refractivity contribution < 1.29 is 9.84 Å². The lowest BCUT2D eigenvalue weighted by molar-refractivity contribution is -0.0679. The average molecular weight is 119 g/mol. The third kappa shape index (κ3) is 2.26. The van der Waals surface area contributed by atoms with Gasteiger partial charge in [-0.25, -0.2) is 0 Å². The highest BCUT2D eigenvalue weighted by Crippen LogP contribution is 2.02. The maximum Gasteiger partial charge on any atom is 0.136 e. The van der Waals surface area contributed by atoms with Gasteiger partial charge in [0.25, 0.3) is 0 Å². The van der Waals surface area contributed by atoms with Crippen LogP contribution in [0.3, 0.4) is 0 Å². The second-order valence-electron chi connectivity index (χ2n) is 2.10. The first kappa shape index (κ1) is 7.88. The number of aliphatic hydroxyl groups is 1. The molecule has 50 valence electrons. The zero-order valence-corrected chi connectivity index (χ0v) is 5.51. The highest BCUT2D eigenvalue weighted by atomic mass is 16.5. The molecule has 0 spiro atoms. The molecule has 0 saturated carbocycles. The minimum atomic E-state index is -1.21. The van der Waals surface area contributed by atoms with E-state index in [2.05, 4.69) is 0 Å². The largest absolute Gasteiger partial charge is 0.377 e. The predicted octanol–water partition coefficient (Wildman–Crippen LogP) is -0.311. The summed E-state index contributed by atoms with van der Waals surface area (Å²) in [5, 5.41) is 8.94. The zero-order chi connectivity index (χ0) is 6.78. The third-order valence-corrected chi connectivity index (χ3v) is 1.18. The summed E-state index contributed by atoms with van der Waals surface area (Å²) in [6, 6.07) is 0. The predicted molar refractivity (Wildman–Crippen MR) is 31.3 cm³/mol. The number of methoxy groups -OCH3 is 1. The topological polar surface area (TPSA) is 55.5 Å². The van der Waals surface area contributed by atoms with E-state index in [-0.39, 0.29) is 6.10 Å². The van der Waals surface area contributed by atoms with Crippen molar-refractivity contribution in [2.45, 2.75) is 25.7 Å². The molecule has 0 aromatic heterocycles. The second-order valence-corrected chi connectivity index (χ2v) is 2.10. The molecule has 0 aromatic carbocycles. The Hall–Kier alpha value is -0.120. The molecule has 8 heavy (non-hydrogen) atoms. The van der Waals surface area contributed by atoms with Crippen LogP contribution in [0.4, 0.5) is 0 Å². The molecule has 0 aliphatic carbocycles. The lowest BCUT2D eigenvalue weighted by Crippen LogP contribution is -2.47. The minimum absolute atomic E-state index is 0.317. The van der Waals surface area contributed by atoms with E-state index in [0.717, 1.165) is 0 Å². The maximum atomic E-state index is 8.94. The van der Waals surface area contributed by atoms with Gasteiger partial charge in [-0.15, -0.1) is 0 Å². The Balaban J connectivity index is 3.62. The van der Waals surface area contributed by atoms with Crippen LogP contribution in [0.5, 0.6) is 0 Å². The Morgan fingerprint density at radius 1 is 1.75 bits per heavy atom. The van der Waals surface area contributed by atoms with Gasteiger partial charge >= 0.3 is 0 Å². The molecule has 0 fully saturated rings. The van der Waals surface area contributed by atoms with Gasteiger partial charge in [0.1, 0.15) is 5.72 Å². The van der Waals surface area contributed by atoms with Gasteiger partial charge in [0.05, 0.1) is 6.10 Å². The Morgan fingerprint density at radius 3 is 2.12 bits per heavy atom. The molecular formula is C5H13NO2. The van der Waals surface area contributed by atoms with E-state index in [9.17, 15) is 0 Å². The molecule has 0 heterocycles. The van der Waals surface area contributed by atoms with Gasteiger partial charge in [-0.05, 0) is 13.8 Å². The van der Waals surface area contributed by atoms with Crippen molar-refractivity contribution in [3.05, 3.63) is 0 Å². The van der Waals surface area contributed by atoms with Crippen LogP contribution in [-0.2, 0) is 4.74 Å². The Labute approximate surface area is 49.4 Å². The number of rotatable bonds is 2. The molecule has 0 amide bonds. The highest BCUT2D eigenvalue weighted by Gasteiger charge is 2.21. The van der Waals surface area contributed by atoms with Crippen molar-refractivity contribution in [2.75, 3.05) is 7.11 Å². The smallest absolute Gasteiger partial charge is 0.136 e. The first-order chi connectivity index (χ1) is 3.48. The second kappa shape index (κ2) is 2.44. The molecule has 0 bridgehead atoms. The molecule has 0 saturated heterocycles. The Bertz CT molecular complexity index is 67.3. The summed E-state index contributed by atoms with van der Waals surface area (Å²) < 4.78 is 4.74. The van der Waals surface area contributed by atoms with E-state index in [4.69, 9.17) is 15.6 Å². The van der Waals surface area contributed by atoms with E-state index in [0.29, 0.717) is 0 Å². The van der Waals surface area contributed by atoms with Crippen molar-refractivity contribution in [1.29, 1.82) is 0 Å².